The van der Waals surface area contributed by atoms with Gasteiger partial charge in [0.2, 0.25) is 5.82 Å². The zero-order chi connectivity index (χ0) is 18.7. The van der Waals surface area contributed by atoms with E-state index in [0.29, 0.717) is 6.04 Å². The summed E-state index contributed by atoms with van der Waals surface area (Å²) in [5.74, 6) is 0.837. The minimum Gasteiger partial charge on any atom is -0.355 e. The highest BCUT2D eigenvalue weighted by Crippen LogP contribution is 2.24. The minimum atomic E-state index is -0.254. The van der Waals surface area contributed by atoms with Crippen molar-refractivity contribution in [1.82, 2.24) is 30.2 Å². The molecule has 8 nitrogen and oxygen atoms in total. The summed E-state index contributed by atoms with van der Waals surface area (Å²) in [5, 5.41) is 6.21. The van der Waals surface area contributed by atoms with Gasteiger partial charge >= 0.3 is 0 Å². The molecular weight excluding hydrogens is 330 g/mol. The van der Waals surface area contributed by atoms with E-state index in [1.54, 1.807) is 7.05 Å². The first-order valence-corrected chi connectivity index (χ1v) is 9.08. The van der Waals surface area contributed by atoms with Gasteiger partial charge < -0.3 is 20.1 Å². The van der Waals surface area contributed by atoms with Crippen LogP contribution in [0, 0.1) is 13.8 Å². The van der Waals surface area contributed by atoms with Gasteiger partial charge in [-0.25, -0.2) is 15.0 Å². The first-order valence-electron chi connectivity index (χ1n) is 9.08. The SMILES string of the molecule is CCn1cncc1CN[C@@H]1CCN(c2nc(C(=O)NC)nc(C)c2C)C1. The van der Waals surface area contributed by atoms with Crippen LogP contribution in [0.15, 0.2) is 12.5 Å². The van der Waals surface area contributed by atoms with E-state index < -0.39 is 0 Å². The molecule has 2 N–H and O–H groups in total. The Morgan fingerprint density at radius 2 is 2.15 bits per heavy atom. The number of rotatable bonds is 6. The van der Waals surface area contributed by atoms with E-state index in [1.807, 2.05) is 26.4 Å². The number of carbonyl (C=O) groups is 1. The molecule has 1 aliphatic heterocycles. The summed E-state index contributed by atoms with van der Waals surface area (Å²) >= 11 is 0. The topological polar surface area (TPSA) is 88.0 Å². The Morgan fingerprint density at radius 1 is 1.35 bits per heavy atom. The number of hydrogen-bond donors (Lipinski definition) is 2. The van der Waals surface area contributed by atoms with Crippen molar-refractivity contribution in [2.75, 3.05) is 25.0 Å². The van der Waals surface area contributed by atoms with E-state index in [2.05, 4.69) is 42.0 Å². The minimum absolute atomic E-state index is 0.230. The van der Waals surface area contributed by atoms with Gasteiger partial charge in [0.1, 0.15) is 5.82 Å². The molecule has 1 aliphatic rings. The van der Waals surface area contributed by atoms with Crippen molar-refractivity contribution in [3.8, 4) is 0 Å². The average Bonchev–Trinajstić information content (AvgIpc) is 3.30. The number of nitrogens with one attached hydrogen (secondary N) is 2. The van der Waals surface area contributed by atoms with Crippen LogP contribution in [0.3, 0.4) is 0 Å². The summed E-state index contributed by atoms with van der Waals surface area (Å²) in [6, 6.07) is 0.383. The molecule has 2 aromatic heterocycles. The number of hydrogen-bond acceptors (Lipinski definition) is 6. The van der Waals surface area contributed by atoms with Gasteiger partial charge in [0.25, 0.3) is 5.91 Å². The monoisotopic (exact) mass is 357 g/mol. The fourth-order valence-electron chi connectivity index (χ4n) is 3.28. The van der Waals surface area contributed by atoms with Crippen LogP contribution in [0.25, 0.3) is 0 Å². The molecule has 0 aromatic carbocycles. The fourth-order valence-corrected chi connectivity index (χ4v) is 3.28. The van der Waals surface area contributed by atoms with Crippen LogP contribution in [-0.2, 0) is 13.1 Å². The molecule has 3 rings (SSSR count). The molecule has 1 fully saturated rings. The van der Waals surface area contributed by atoms with Crippen LogP contribution in [0.5, 0.6) is 0 Å². The van der Waals surface area contributed by atoms with Crippen molar-refractivity contribution in [3.05, 3.63) is 35.3 Å². The van der Waals surface area contributed by atoms with Crippen LogP contribution in [0.4, 0.5) is 5.82 Å². The summed E-state index contributed by atoms with van der Waals surface area (Å²) < 4.78 is 2.15. The van der Waals surface area contributed by atoms with Crippen LogP contribution >= 0.6 is 0 Å². The van der Waals surface area contributed by atoms with Crippen LogP contribution in [0.1, 0.15) is 40.9 Å². The third kappa shape index (κ3) is 3.70. The number of aryl methyl sites for hydroxylation is 2. The standard InChI is InChI=1S/C18H27N7O/c1-5-24-11-20-8-15(24)9-21-14-6-7-25(10-14)17-12(2)13(3)22-16(23-17)18(26)19-4/h8,11,14,21H,5-7,9-10H2,1-4H3,(H,19,26)/t14-/m1/s1. The van der Waals surface area contributed by atoms with Gasteiger partial charge in [-0.3, -0.25) is 4.79 Å². The molecule has 0 saturated carbocycles. The maximum absolute atomic E-state index is 11.9. The number of imidazole rings is 1. The quantitative estimate of drug-likeness (QED) is 0.803. The predicted octanol–water partition coefficient (Wildman–Crippen LogP) is 1.04. The van der Waals surface area contributed by atoms with Gasteiger partial charge in [0.15, 0.2) is 0 Å². The molecule has 1 saturated heterocycles. The van der Waals surface area contributed by atoms with E-state index in [0.717, 1.165) is 49.7 Å². The normalized spacial score (nSPS) is 16.9. The smallest absolute Gasteiger partial charge is 0.288 e. The molecule has 3 heterocycles. The Labute approximate surface area is 154 Å². The predicted molar refractivity (Wildman–Crippen MR) is 100 cm³/mol. The van der Waals surface area contributed by atoms with Gasteiger partial charge in [0.05, 0.1) is 12.0 Å². The molecule has 2 aromatic rings. The Bertz CT molecular complexity index is 786. The molecule has 0 spiro atoms. The Hall–Kier alpha value is -2.48. The lowest BCUT2D eigenvalue weighted by molar-refractivity contribution is 0.0952. The lowest BCUT2D eigenvalue weighted by Crippen LogP contribution is -2.33. The van der Waals surface area contributed by atoms with Gasteiger partial charge in [-0.1, -0.05) is 0 Å². The number of anilines is 1. The third-order valence-corrected chi connectivity index (χ3v) is 4.99. The molecule has 0 aliphatic carbocycles. The highest BCUT2D eigenvalue weighted by Gasteiger charge is 2.26. The zero-order valence-electron chi connectivity index (χ0n) is 15.9. The molecule has 0 unspecified atom stereocenters. The van der Waals surface area contributed by atoms with Gasteiger partial charge in [-0.05, 0) is 27.2 Å². The first-order chi connectivity index (χ1) is 12.5. The van der Waals surface area contributed by atoms with Crippen molar-refractivity contribution >= 4 is 11.7 Å². The van der Waals surface area contributed by atoms with E-state index in [-0.39, 0.29) is 11.7 Å². The van der Waals surface area contributed by atoms with Gasteiger partial charge in [-0.2, -0.15) is 0 Å². The highest BCUT2D eigenvalue weighted by atomic mass is 16.2. The fraction of sp³-hybridized carbons (Fsp3) is 0.556. The molecule has 1 atom stereocenters. The van der Waals surface area contributed by atoms with E-state index in [1.165, 1.54) is 5.69 Å². The lowest BCUT2D eigenvalue weighted by atomic mass is 10.2. The number of carbonyl (C=O) groups excluding carboxylic acids is 1. The summed E-state index contributed by atoms with van der Waals surface area (Å²) in [7, 11) is 1.59. The van der Waals surface area contributed by atoms with Crippen molar-refractivity contribution in [1.29, 1.82) is 0 Å². The second-order valence-electron chi connectivity index (χ2n) is 6.64. The largest absolute Gasteiger partial charge is 0.355 e. The summed E-state index contributed by atoms with van der Waals surface area (Å²) in [4.78, 5) is 27.2. The molecule has 0 radical (unpaired) electrons. The molecule has 1 amide bonds. The summed E-state index contributed by atoms with van der Waals surface area (Å²) in [6.45, 7) is 9.56. The number of amides is 1. The maximum atomic E-state index is 11.9. The molecular formula is C18H27N7O. The van der Waals surface area contributed by atoms with Crippen LogP contribution in [0.2, 0.25) is 0 Å². The molecule has 140 valence electrons. The van der Waals surface area contributed by atoms with E-state index in [4.69, 9.17) is 0 Å². The van der Waals surface area contributed by atoms with Gasteiger partial charge in [0, 0.05) is 56.7 Å². The Morgan fingerprint density at radius 3 is 2.88 bits per heavy atom. The molecule has 0 bridgehead atoms. The Kier molecular flexibility index (Phi) is 5.51. The molecule has 26 heavy (non-hydrogen) atoms. The van der Waals surface area contributed by atoms with Crippen molar-refractivity contribution < 1.29 is 4.79 Å². The van der Waals surface area contributed by atoms with Crippen molar-refractivity contribution in [2.24, 2.45) is 0 Å². The van der Waals surface area contributed by atoms with E-state index in [9.17, 15) is 4.79 Å². The lowest BCUT2D eigenvalue weighted by Gasteiger charge is -2.21. The van der Waals surface area contributed by atoms with Gasteiger partial charge in [-0.15, -0.1) is 0 Å². The summed E-state index contributed by atoms with van der Waals surface area (Å²) in [5.41, 5.74) is 3.07. The van der Waals surface area contributed by atoms with E-state index >= 15 is 0 Å². The number of nitrogens with zero attached hydrogens (tertiary/aromatic N) is 5. The maximum Gasteiger partial charge on any atom is 0.288 e. The number of aromatic nitrogens is 4. The second kappa shape index (κ2) is 7.82. The second-order valence-corrected chi connectivity index (χ2v) is 6.64. The third-order valence-electron chi connectivity index (χ3n) is 4.99. The van der Waals surface area contributed by atoms with Crippen LogP contribution in [-0.4, -0.2) is 51.6 Å². The summed E-state index contributed by atoms with van der Waals surface area (Å²) in [6.07, 6.45) is 4.82. The van der Waals surface area contributed by atoms with Crippen molar-refractivity contribution in [2.45, 2.75) is 46.3 Å². The van der Waals surface area contributed by atoms with Crippen LogP contribution < -0.4 is 15.5 Å². The average molecular weight is 357 g/mol. The first kappa shape index (κ1) is 18.3. The van der Waals surface area contributed by atoms with Crippen molar-refractivity contribution in [3.63, 3.8) is 0 Å². The highest BCUT2D eigenvalue weighted by molar-refractivity contribution is 5.90. The Balaban J connectivity index is 1.68. The molecule has 8 heteroatoms. The zero-order valence-corrected chi connectivity index (χ0v) is 15.9.